The lowest BCUT2D eigenvalue weighted by Crippen LogP contribution is -2.40. The fraction of sp³-hybridized carbons (Fsp3) is 0.387. The van der Waals surface area contributed by atoms with E-state index in [1.165, 1.54) is 11.1 Å². The molecule has 0 aromatic heterocycles. The van der Waals surface area contributed by atoms with E-state index in [1.54, 1.807) is 0 Å². The summed E-state index contributed by atoms with van der Waals surface area (Å²) in [7, 11) is 0. The first-order valence-electron chi connectivity index (χ1n) is 12.3. The zero-order chi connectivity index (χ0) is 24.7. The van der Waals surface area contributed by atoms with Gasteiger partial charge in [0.2, 0.25) is 0 Å². The van der Waals surface area contributed by atoms with Crippen molar-refractivity contribution in [3.63, 3.8) is 0 Å². The first-order valence-corrected chi connectivity index (χ1v) is 13.1. The van der Waals surface area contributed by atoms with E-state index < -0.39 is 5.41 Å². The summed E-state index contributed by atoms with van der Waals surface area (Å²) < 4.78 is 1.04. The molecule has 4 unspecified atom stereocenters. The summed E-state index contributed by atoms with van der Waals surface area (Å²) in [4.78, 5) is 2.62. The number of halogens is 1. The Morgan fingerprint density at radius 3 is 1.65 bits per heavy atom. The molecule has 4 atom stereocenters. The van der Waals surface area contributed by atoms with Crippen LogP contribution in [0.15, 0.2) is 89.4 Å². The maximum Gasteiger partial charge on any atom is 0.0845 e. The SMILES string of the molecule is CC(CCC(C#N)(c1ccc(Br)cc1)C(C)C)N(C(C)c1ccccc1)C(C)c1ccccc1. The Morgan fingerprint density at radius 1 is 0.765 bits per heavy atom. The van der Waals surface area contributed by atoms with Gasteiger partial charge in [0.05, 0.1) is 11.5 Å². The van der Waals surface area contributed by atoms with Crippen LogP contribution in [0.5, 0.6) is 0 Å². The van der Waals surface area contributed by atoms with E-state index in [4.69, 9.17) is 0 Å². The zero-order valence-corrected chi connectivity index (χ0v) is 22.7. The third-order valence-corrected chi connectivity index (χ3v) is 8.00. The first-order chi connectivity index (χ1) is 16.3. The van der Waals surface area contributed by atoms with E-state index in [9.17, 15) is 5.26 Å². The lowest BCUT2D eigenvalue weighted by molar-refractivity contribution is 0.0915. The number of hydrogen-bond donors (Lipinski definition) is 0. The number of hydrogen-bond acceptors (Lipinski definition) is 2. The van der Waals surface area contributed by atoms with Crippen molar-refractivity contribution >= 4 is 15.9 Å². The van der Waals surface area contributed by atoms with Crippen molar-refractivity contribution in [2.45, 2.75) is 71.0 Å². The second kappa shape index (κ2) is 11.8. The Labute approximate surface area is 214 Å². The van der Waals surface area contributed by atoms with Crippen LogP contribution < -0.4 is 0 Å². The van der Waals surface area contributed by atoms with Gasteiger partial charge in [-0.1, -0.05) is 103 Å². The van der Waals surface area contributed by atoms with Crippen molar-refractivity contribution in [1.29, 1.82) is 5.26 Å². The lowest BCUT2D eigenvalue weighted by atomic mass is 9.69. The second-order valence-corrected chi connectivity index (χ2v) is 10.7. The molecule has 0 saturated carbocycles. The van der Waals surface area contributed by atoms with Gasteiger partial charge in [-0.25, -0.2) is 0 Å². The van der Waals surface area contributed by atoms with Crippen molar-refractivity contribution in [2.75, 3.05) is 0 Å². The third-order valence-electron chi connectivity index (χ3n) is 7.47. The van der Waals surface area contributed by atoms with Gasteiger partial charge in [-0.05, 0) is 68.4 Å². The predicted molar refractivity (Wildman–Crippen MR) is 147 cm³/mol. The van der Waals surface area contributed by atoms with Crippen LogP contribution in [0.25, 0.3) is 0 Å². The van der Waals surface area contributed by atoms with Crippen LogP contribution in [0.4, 0.5) is 0 Å². The van der Waals surface area contributed by atoms with Gasteiger partial charge >= 0.3 is 0 Å². The van der Waals surface area contributed by atoms with Gasteiger partial charge in [0, 0.05) is 22.6 Å². The lowest BCUT2D eigenvalue weighted by Gasteiger charge is -2.41. The molecule has 0 N–H and O–H groups in total. The van der Waals surface area contributed by atoms with Gasteiger partial charge in [-0.3, -0.25) is 4.90 Å². The highest BCUT2D eigenvalue weighted by molar-refractivity contribution is 9.10. The van der Waals surface area contributed by atoms with Crippen molar-refractivity contribution < 1.29 is 0 Å². The van der Waals surface area contributed by atoms with E-state index in [2.05, 4.69) is 146 Å². The van der Waals surface area contributed by atoms with Gasteiger partial charge in [-0.15, -0.1) is 0 Å². The smallest absolute Gasteiger partial charge is 0.0845 e. The molecule has 0 heterocycles. The quantitative estimate of drug-likeness (QED) is 0.269. The van der Waals surface area contributed by atoms with E-state index in [0.29, 0.717) is 6.04 Å². The highest BCUT2D eigenvalue weighted by atomic mass is 79.9. The molecule has 0 radical (unpaired) electrons. The van der Waals surface area contributed by atoms with Gasteiger partial charge in [0.1, 0.15) is 0 Å². The summed E-state index contributed by atoms with van der Waals surface area (Å²) in [6.45, 7) is 11.3. The van der Waals surface area contributed by atoms with Crippen LogP contribution in [0.1, 0.15) is 76.2 Å². The summed E-state index contributed by atoms with van der Waals surface area (Å²) in [5.74, 6) is 0.220. The van der Waals surface area contributed by atoms with Crippen LogP contribution in [-0.4, -0.2) is 10.9 Å². The number of benzene rings is 3. The second-order valence-electron chi connectivity index (χ2n) is 9.75. The van der Waals surface area contributed by atoms with E-state index in [1.807, 2.05) is 0 Å². The highest BCUT2D eigenvalue weighted by Crippen LogP contribution is 2.40. The molecule has 0 fully saturated rings. The molecule has 0 aliphatic rings. The fourth-order valence-electron chi connectivity index (χ4n) is 5.26. The maximum absolute atomic E-state index is 10.4. The average molecular weight is 518 g/mol. The molecule has 0 aliphatic carbocycles. The largest absolute Gasteiger partial charge is 0.287 e. The molecule has 178 valence electrons. The predicted octanol–water partition coefficient (Wildman–Crippen LogP) is 8.86. The molecule has 34 heavy (non-hydrogen) atoms. The van der Waals surface area contributed by atoms with Crippen molar-refractivity contribution in [1.82, 2.24) is 4.90 Å². The van der Waals surface area contributed by atoms with Crippen molar-refractivity contribution in [3.05, 3.63) is 106 Å². The Hall–Kier alpha value is -2.41. The molecule has 3 rings (SSSR count). The maximum atomic E-state index is 10.4. The molecular formula is C31H37BrN2. The highest BCUT2D eigenvalue weighted by Gasteiger charge is 2.37. The number of rotatable bonds is 10. The molecular weight excluding hydrogens is 480 g/mol. The van der Waals surface area contributed by atoms with Crippen LogP contribution in [0.3, 0.4) is 0 Å². The minimum absolute atomic E-state index is 0.220. The fourth-order valence-corrected chi connectivity index (χ4v) is 5.52. The molecule has 3 heteroatoms. The van der Waals surface area contributed by atoms with E-state index in [0.717, 1.165) is 22.9 Å². The summed E-state index contributed by atoms with van der Waals surface area (Å²) in [6, 6.07) is 33.4. The Morgan fingerprint density at radius 2 is 1.24 bits per heavy atom. The number of nitrogens with zero attached hydrogens (tertiary/aromatic N) is 2. The molecule has 0 amide bonds. The molecule has 3 aromatic carbocycles. The van der Waals surface area contributed by atoms with Crippen molar-refractivity contribution in [2.24, 2.45) is 5.92 Å². The minimum Gasteiger partial charge on any atom is -0.287 e. The zero-order valence-electron chi connectivity index (χ0n) is 21.1. The normalized spacial score (nSPS) is 16.0. The standard InChI is InChI=1S/C31H37BrN2/c1-23(2)31(22-33,29-16-18-30(32)19-17-29)21-20-24(3)34(25(4)27-12-8-6-9-13-27)26(5)28-14-10-7-11-15-28/h6-19,23-26H,20-21H2,1-5H3. The van der Waals surface area contributed by atoms with Crippen molar-refractivity contribution in [3.8, 4) is 6.07 Å². The van der Waals surface area contributed by atoms with Gasteiger partial charge < -0.3 is 0 Å². The Balaban J connectivity index is 1.91. The van der Waals surface area contributed by atoms with Gasteiger partial charge in [0.25, 0.3) is 0 Å². The number of nitriles is 1. The first kappa shape index (κ1) is 26.2. The summed E-state index contributed by atoms with van der Waals surface area (Å²) in [5.41, 5.74) is 3.24. The summed E-state index contributed by atoms with van der Waals surface area (Å²) >= 11 is 3.54. The van der Waals surface area contributed by atoms with Crippen LogP contribution in [0.2, 0.25) is 0 Å². The Kier molecular flexibility index (Phi) is 9.11. The molecule has 2 nitrogen and oxygen atoms in total. The molecule has 0 bridgehead atoms. The molecule has 0 saturated heterocycles. The monoisotopic (exact) mass is 516 g/mol. The van der Waals surface area contributed by atoms with Gasteiger partial charge in [-0.2, -0.15) is 5.26 Å². The van der Waals surface area contributed by atoms with Crippen LogP contribution >= 0.6 is 15.9 Å². The van der Waals surface area contributed by atoms with Gasteiger partial charge in [0.15, 0.2) is 0 Å². The minimum atomic E-state index is -0.507. The molecule has 3 aromatic rings. The van der Waals surface area contributed by atoms with Crippen LogP contribution in [0, 0.1) is 17.2 Å². The topological polar surface area (TPSA) is 27.0 Å². The summed E-state index contributed by atoms with van der Waals surface area (Å²) in [6.07, 6.45) is 1.76. The summed E-state index contributed by atoms with van der Waals surface area (Å²) in [5, 5.41) is 10.4. The third kappa shape index (κ3) is 5.80. The average Bonchev–Trinajstić information content (AvgIpc) is 2.86. The molecule has 0 spiro atoms. The van der Waals surface area contributed by atoms with E-state index >= 15 is 0 Å². The van der Waals surface area contributed by atoms with E-state index in [-0.39, 0.29) is 18.0 Å². The Bertz CT molecular complexity index is 1010. The van der Waals surface area contributed by atoms with Crippen LogP contribution in [-0.2, 0) is 5.41 Å². The molecule has 0 aliphatic heterocycles.